The Bertz CT molecular complexity index is 973. The first kappa shape index (κ1) is 18.7. The number of rotatable bonds is 4. The summed E-state index contributed by atoms with van der Waals surface area (Å²) in [6.45, 7) is 5.32. The van der Waals surface area contributed by atoms with Crippen molar-refractivity contribution in [2.24, 2.45) is 10.6 Å². The van der Waals surface area contributed by atoms with Gasteiger partial charge in [0, 0.05) is 23.5 Å². The molecule has 138 valence electrons. The van der Waals surface area contributed by atoms with E-state index in [0.29, 0.717) is 10.7 Å². The highest BCUT2D eigenvalue weighted by Crippen LogP contribution is 2.26. The van der Waals surface area contributed by atoms with Crippen LogP contribution < -0.4 is 5.32 Å². The van der Waals surface area contributed by atoms with Crippen LogP contribution in [0.3, 0.4) is 0 Å². The maximum Gasteiger partial charge on any atom is 0.437 e. The first-order valence-corrected chi connectivity index (χ1v) is 9.03. The first-order chi connectivity index (χ1) is 12.8. The Balaban J connectivity index is 1.88. The van der Waals surface area contributed by atoms with Gasteiger partial charge in [-0.15, -0.1) is 11.3 Å². The van der Waals surface area contributed by atoms with Gasteiger partial charge in [-0.2, -0.15) is 0 Å². The molecule has 3 rings (SSSR count). The number of para-hydroxylation sites is 1. The summed E-state index contributed by atoms with van der Waals surface area (Å²) in [5, 5.41) is 6.77. The van der Waals surface area contributed by atoms with E-state index in [1.54, 1.807) is 32.9 Å². The van der Waals surface area contributed by atoms with E-state index in [2.05, 4.69) is 20.4 Å². The Morgan fingerprint density at radius 3 is 2.48 bits per heavy atom. The van der Waals surface area contributed by atoms with Crippen molar-refractivity contribution in [1.29, 1.82) is 0 Å². The molecule has 0 saturated carbocycles. The van der Waals surface area contributed by atoms with Crippen LogP contribution in [0.15, 0.2) is 53.9 Å². The molecule has 1 N–H and O–H groups in total. The second-order valence-corrected chi connectivity index (χ2v) is 7.78. The van der Waals surface area contributed by atoms with Gasteiger partial charge in [-0.05, 0) is 24.3 Å². The van der Waals surface area contributed by atoms with Crippen LogP contribution in [-0.4, -0.2) is 27.6 Å². The molecule has 2 aromatic heterocycles. The largest absolute Gasteiger partial charge is 0.437 e. The van der Waals surface area contributed by atoms with Crippen molar-refractivity contribution in [3.05, 3.63) is 53.8 Å². The number of hydrogen-bond acceptors (Lipinski definition) is 7. The summed E-state index contributed by atoms with van der Waals surface area (Å²) in [6.07, 6.45) is 2.27. The van der Waals surface area contributed by atoms with Crippen LogP contribution in [0, 0.1) is 5.41 Å². The zero-order chi connectivity index (χ0) is 19.4. The molecule has 1 amide bonds. The number of benzene rings is 1. The predicted molar refractivity (Wildman–Crippen MR) is 105 cm³/mol. The molecule has 0 aliphatic carbocycles. The Hall–Kier alpha value is -3.13. The van der Waals surface area contributed by atoms with Crippen molar-refractivity contribution in [2.45, 2.75) is 20.8 Å². The van der Waals surface area contributed by atoms with E-state index in [-0.39, 0.29) is 11.5 Å². The maximum atomic E-state index is 12.8. The normalized spacial score (nSPS) is 12.0. The van der Waals surface area contributed by atoms with Gasteiger partial charge in [-0.1, -0.05) is 38.1 Å². The third-order valence-electron chi connectivity index (χ3n) is 3.54. The number of Topliss-reactive ketones (excluding diaryl/α,β-unsaturated/α-hetero) is 1. The van der Waals surface area contributed by atoms with Gasteiger partial charge in [0.1, 0.15) is 5.01 Å². The summed E-state index contributed by atoms with van der Waals surface area (Å²) in [5.74, 6) is -0.265. The van der Waals surface area contributed by atoms with E-state index in [9.17, 15) is 9.59 Å². The SMILES string of the molecule is CC(C)(C)C(=O)/C(=N\OC(=O)Nc1ccncc1)c1nc2ccccc2s1. The molecule has 0 aliphatic rings. The van der Waals surface area contributed by atoms with Gasteiger partial charge < -0.3 is 0 Å². The minimum Gasteiger partial charge on any atom is -0.297 e. The second kappa shape index (κ2) is 7.63. The lowest BCUT2D eigenvalue weighted by Gasteiger charge is -2.16. The molecule has 8 heteroatoms. The van der Waals surface area contributed by atoms with Gasteiger partial charge in [0.15, 0.2) is 11.5 Å². The number of anilines is 1. The van der Waals surface area contributed by atoms with Crippen LogP contribution in [-0.2, 0) is 9.63 Å². The Morgan fingerprint density at radius 2 is 1.81 bits per heavy atom. The van der Waals surface area contributed by atoms with Crippen LogP contribution >= 0.6 is 11.3 Å². The van der Waals surface area contributed by atoms with Gasteiger partial charge in [0.2, 0.25) is 0 Å². The van der Waals surface area contributed by atoms with Crippen molar-refractivity contribution < 1.29 is 14.4 Å². The number of pyridine rings is 1. The molecular formula is C19H18N4O3S. The van der Waals surface area contributed by atoms with E-state index >= 15 is 0 Å². The molecule has 0 aliphatic heterocycles. The molecule has 27 heavy (non-hydrogen) atoms. The van der Waals surface area contributed by atoms with E-state index in [1.165, 1.54) is 23.7 Å². The molecule has 0 unspecified atom stereocenters. The lowest BCUT2D eigenvalue weighted by molar-refractivity contribution is -0.119. The van der Waals surface area contributed by atoms with E-state index < -0.39 is 11.5 Å². The van der Waals surface area contributed by atoms with Crippen LogP contribution in [0.5, 0.6) is 0 Å². The van der Waals surface area contributed by atoms with Crippen molar-refractivity contribution in [3.8, 4) is 0 Å². The molecular weight excluding hydrogens is 364 g/mol. The number of amides is 1. The molecule has 0 fully saturated rings. The number of carbonyl (C=O) groups is 2. The molecule has 0 saturated heterocycles. The van der Waals surface area contributed by atoms with Crippen LogP contribution in [0.25, 0.3) is 10.2 Å². The number of aromatic nitrogens is 2. The van der Waals surface area contributed by atoms with Crippen molar-refractivity contribution in [3.63, 3.8) is 0 Å². The number of hydrogen-bond donors (Lipinski definition) is 1. The van der Waals surface area contributed by atoms with Gasteiger partial charge >= 0.3 is 6.09 Å². The van der Waals surface area contributed by atoms with Gasteiger partial charge in [-0.25, -0.2) is 9.78 Å². The number of ketones is 1. The highest BCUT2D eigenvalue weighted by Gasteiger charge is 2.30. The molecule has 0 spiro atoms. The maximum absolute atomic E-state index is 12.8. The summed E-state index contributed by atoms with van der Waals surface area (Å²) < 4.78 is 0.920. The minimum absolute atomic E-state index is 0.0218. The van der Waals surface area contributed by atoms with Gasteiger partial charge in [-0.3, -0.25) is 19.9 Å². The van der Waals surface area contributed by atoms with E-state index in [0.717, 1.165) is 10.2 Å². The second-order valence-electron chi connectivity index (χ2n) is 6.75. The number of oxime groups is 1. The number of thiazole rings is 1. The van der Waals surface area contributed by atoms with E-state index in [4.69, 9.17) is 4.84 Å². The molecule has 0 bridgehead atoms. The number of carbonyl (C=O) groups excluding carboxylic acids is 2. The quantitative estimate of drug-likeness (QED) is 0.413. The summed E-state index contributed by atoms with van der Waals surface area (Å²) in [7, 11) is 0. The summed E-state index contributed by atoms with van der Waals surface area (Å²) >= 11 is 1.32. The highest BCUT2D eigenvalue weighted by atomic mass is 32.1. The van der Waals surface area contributed by atoms with Crippen molar-refractivity contribution in [2.75, 3.05) is 5.32 Å². The lowest BCUT2D eigenvalue weighted by Crippen LogP contribution is -2.30. The summed E-state index contributed by atoms with van der Waals surface area (Å²) in [5.41, 5.74) is 0.581. The third kappa shape index (κ3) is 4.53. The molecule has 1 aromatic carbocycles. The molecule has 0 radical (unpaired) electrons. The van der Waals surface area contributed by atoms with E-state index in [1.807, 2.05) is 24.3 Å². The number of nitrogens with zero attached hydrogens (tertiary/aromatic N) is 3. The predicted octanol–water partition coefficient (Wildman–Crippen LogP) is 4.26. The number of fused-ring (bicyclic) bond motifs is 1. The summed E-state index contributed by atoms with van der Waals surface area (Å²) in [4.78, 5) is 38.1. The van der Waals surface area contributed by atoms with Crippen LogP contribution in [0.2, 0.25) is 0 Å². The monoisotopic (exact) mass is 382 g/mol. The molecule has 7 nitrogen and oxygen atoms in total. The first-order valence-electron chi connectivity index (χ1n) is 8.21. The molecule has 0 atom stereocenters. The van der Waals surface area contributed by atoms with Crippen LogP contribution in [0.4, 0.5) is 10.5 Å². The number of nitrogens with one attached hydrogen (secondary N) is 1. The topological polar surface area (TPSA) is 93.5 Å². The molecule has 2 heterocycles. The zero-order valence-electron chi connectivity index (χ0n) is 15.1. The minimum atomic E-state index is -0.804. The Morgan fingerprint density at radius 1 is 1.11 bits per heavy atom. The van der Waals surface area contributed by atoms with Crippen LogP contribution in [0.1, 0.15) is 25.8 Å². The average Bonchev–Trinajstić information content (AvgIpc) is 3.05. The third-order valence-corrected chi connectivity index (χ3v) is 4.58. The standard InChI is InChI=1S/C19H18N4O3S/c1-19(2,3)16(24)15(17-22-13-6-4-5-7-14(13)27-17)23-26-18(25)21-12-8-10-20-11-9-12/h4-11H,1-3H3,(H,20,21,25)/b23-15+. The zero-order valence-corrected chi connectivity index (χ0v) is 15.9. The Labute approximate surface area is 160 Å². The smallest absolute Gasteiger partial charge is 0.297 e. The van der Waals surface area contributed by atoms with Gasteiger partial charge in [0.25, 0.3) is 0 Å². The average molecular weight is 382 g/mol. The van der Waals surface area contributed by atoms with Crippen molar-refractivity contribution in [1.82, 2.24) is 9.97 Å². The molecule has 3 aromatic rings. The highest BCUT2D eigenvalue weighted by molar-refractivity contribution is 7.21. The van der Waals surface area contributed by atoms with Crippen molar-refractivity contribution >= 4 is 44.8 Å². The Kier molecular flexibility index (Phi) is 5.27. The van der Waals surface area contributed by atoms with Gasteiger partial charge in [0.05, 0.1) is 10.2 Å². The fourth-order valence-electron chi connectivity index (χ4n) is 2.17. The summed E-state index contributed by atoms with van der Waals surface area (Å²) in [6, 6.07) is 10.7. The fourth-order valence-corrected chi connectivity index (χ4v) is 3.11. The fraction of sp³-hybridized carbons (Fsp3) is 0.211. The lowest BCUT2D eigenvalue weighted by atomic mass is 9.88.